The topological polar surface area (TPSA) is 78.9 Å². The second-order valence-corrected chi connectivity index (χ2v) is 7.82. The van der Waals surface area contributed by atoms with Crippen LogP contribution in [-0.4, -0.2) is 49.1 Å². The van der Waals surface area contributed by atoms with Gasteiger partial charge in [0, 0.05) is 12.3 Å². The van der Waals surface area contributed by atoms with E-state index in [1.54, 1.807) is 20.8 Å². The number of carbonyl (C=O) groups is 3. The summed E-state index contributed by atoms with van der Waals surface area (Å²) in [6, 6.07) is 0. The molecule has 0 aliphatic carbocycles. The molecule has 0 aliphatic rings. The summed E-state index contributed by atoms with van der Waals surface area (Å²) in [6.07, 6.45) is -12.2. The molecule has 12 heteroatoms. The third-order valence-electron chi connectivity index (χ3n) is 4.01. The summed E-state index contributed by atoms with van der Waals surface area (Å²) in [4.78, 5) is 34.6. The molecule has 0 rings (SSSR count). The number of esters is 3. The fourth-order valence-electron chi connectivity index (χ4n) is 1.77. The molecule has 170 valence electrons. The molecule has 0 aliphatic heterocycles. The fraction of sp³-hybridized carbons (Fsp3) is 0.824. The van der Waals surface area contributed by atoms with Gasteiger partial charge in [-0.3, -0.25) is 9.59 Å². The van der Waals surface area contributed by atoms with Gasteiger partial charge in [0.2, 0.25) is 0 Å². The van der Waals surface area contributed by atoms with Crippen molar-refractivity contribution in [3.8, 4) is 0 Å². The van der Waals surface area contributed by atoms with Crippen molar-refractivity contribution in [3.05, 3.63) is 0 Å². The second-order valence-electron chi connectivity index (χ2n) is 7.82. The molecular formula is C17H24F6O6. The minimum Gasteiger partial charge on any atom is -0.465 e. The van der Waals surface area contributed by atoms with Crippen molar-refractivity contribution in [2.45, 2.75) is 65.9 Å². The predicted molar refractivity (Wildman–Crippen MR) is 86.4 cm³/mol. The van der Waals surface area contributed by atoms with Gasteiger partial charge in [0.05, 0.1) is 18.6 Å². The van der Waals surface area contributed by atoms with Crippen LogP contribution in [0, 0.1) is 10.8 Å². The van der Waals surface area contributed by atoms with Crippen LogP contribution in [0.15, 0.2) is 0 Å². The minimum absolute atomic E-state index is 0.290. The van der Waals surface area contributed by atoms with Crippen LogP contribution in [0.4, 0.5) is 26.3 Å². The van der Waals surface area contributed by atoms with Crippen LogP contribution in [0.2, 0.25) is 0 Å². The number of rotatable bonds is 8. The van der Waals surface area contributed by atoms with Crippen LogP contribution in [0.1, 0.15) is 48.0 Å². The van der Waals surface area contributed by atoms with E-state index in [-0.39, 0.29) is 0 Å². The van der Waals surface area contributed by atoms with Gasteiger partial charge in [0.15, 0.2) is 0 Å². The standard InChI is InChI=1S/C17H24F6O6/c1-7-14(5,6)11(25)27-8-13(3,4)9-28-12(26)15(16(18,19)20,17(21,22)23)29-10(2)24/h7-9H2,1-6H3. The minimum atomic E-state index is -6.32. The molecule has 0 spiro atoms. The van der Waals surface area contributed by atoms with E-state index in [9.17, 15) is 40.7 Å². The van der Waals surface area contributed by atoms with Crippen molar-refractivity contribution in [2.24, 2.45) is 10.8 Å². The third kappa shape index (κ3) is 6.49. The highest BCUT2D eigenvalue weighted by Gasteiger charge is 2.80. The second kappa shape index (κ2) is 8.78. The lowest BCUT2D eigenvalue weighted by atomic mass is 9.90. The average molecular weight is 438 g/mol. The van der Waals surface area contributed by atoms with Crippen LogP contribution in [0.25, 0.3) is 0 Å². The molecule has 0 N–H and O–H groups in total. The number of hydrogen-bond donors (Lipinski definition) is 0. The van der Waals surface area contributed by atoms with Crippen molar-refractivity contribution in [1.29, 1.82) is 0 Å². The Kier molecular flexibility index (Phi) is 8.17. The lowest BCUT2D eigenvalue weighted by Crippen LogP contribution is -2.65. The Morgan fingerprint density at radius 3 is 1.45 bits per heavy atom. The summed E-state index contributed by atoms with van der Waals surface area (Å²) >= 11 is 0. The first-order chi connectivity index (χ1) is 12.7. The zero-order valence-corrected chi connectivity index (χ0v) is 16.8. The molecule has 6 nitrogen and oxygen atoms in total. The van der Waals surface area contributed by atoms with E-state index in [1.807, 2.05) is 0 Å². The predicted octanol–water partition coefficient (Wildman–Crippen LogP) is 3.96. The monoisotopic (exact) mass is 438 g/mol. The number of ether oxygens (including phenoxy) is 3. The molecule has 0 aromatic rings. The van der Waals surface area contributed by atoms with Gasteiger partial charge in [-0.15, -0.1) is 0 Å². The molecule has 0 bridgehead atoms. The third-order valence-corrected chi connectivity index (χ3v) is 4.01. The summed E-state index contributed by atoms with van der Waals surface area (Å²) in [6.45, 7) is 6.35. The van der Waals surface area contributed by atoms with Crippen LogP contribution in [-0.2, 0) is 28.6 Å². The van der Waals surface area contributed by atoms with Gasteiger partial charge in [-0.25, -0.2) is 4.79 Å². The van der Waals surface area contributed by atoms with E-state index in [2.05, 4.69) is 9.47 Å². The fourth-order valence-corrected chi connectivity index (χ4v) is 1.77. The van der Waals surface area contributed by atoms with Gasteiger partial charge in [-0.1, -0.05) is 20.8 Å². The highest BCUT2D eigenvalue weighted by atomic mass is 19.4. The lowest BCUT2D eigenvalue weighted by Gasteiger charge is -2.35. The Morgan fingerprint density at radius 1 is 0.759 bits per heavy atom. The van der Waals surface area contributed by atoms with Crippen molar-refractivity contribution in [1.82, 2.24) is 0 Å². The summed E-state index contributed by atoms with van der Waals surface area (Å²) in [5.74, 6) is -5.47. The van der Waals surface area contributed by atoms with E-state index in [1.165, 1.54) is 13.8 Å². The van der Waals surface area contributed by atoms with Gasteiger partial charge in [-0.2, -0.15) is 26.3 Å². The smallest absolute Gasteiger partial charge is 0.449 e. The van der Waals surface area contributed by atoms with Crippen molar-refractivity contribution in [2.75, 3.05) is 13.2 Å². The zero-order chi connectivity index (χ0) is 23.5. The SMILES string of the molecule is CCC(C)(C)C(=O)OCC(C)(C)COC(=O)C(OC(C)=O)(C(F)(F)F)C(F)(F)F. The van der Waals surface area contributed by atoms with E-state index < -0.39 is 59.9 Å². The Labute approximate surface area is 163 Å². The Balaban J connectivity index is 5.48. The Morgan fingerprint density at radius 2 is 1.14 bits per heavy atom. The highest BCUT2D eigenvalue weighted by molar-refractivity contribution is 5.85. The molecule has 0 amide bonds. The summed E-state index contributed by atoms with van der Waals surface area (Å²) < 4.78 is 91.6. The normalized spacial score (nSPS) is 13.7. The van der Waals surface area contributed by atoms with E-state index in [0.717, 1.165) is 0 Å². The molecule has 0 atom stereocenters. The summed E-state index contributed by atoms with van der Waals surface area (Å²) in [5.41, 5.74) is -7.65. The highest BCUT2D eigenvalue weighted by Crippen LogP contribution is 2.47. The van der Waals surface area contributed by atoms with E-state index in [0.29, 0.717) is 13.3 Å². The number of carbonyl (C=O) groups excluding carboxylic acids is 3. The van der Waals surface area contributed by atoms with Crippen molar-refractivity contribution < 1.29 is 54.9 Å². The van der Waals surface area contributed by atoms with Crippen molar-refractivity contribution >= 4 is 17.9 Å². The van der Waals surface area contributed by atoms with Crippen LogP contribution < -0.4 is 0 Å². The molecule has 29 heavy (non-hydrogen) atoms. The van der Waals surface area contributed by atoms with Gasteiger partial charge in [0.25, 0.3) is 0 Å². The molecule has 0 aromatic carbocycles. The number of hydrogen-bond acceptors (Lipinski definition) is 6. The molecule has 0 aromatic heterocycles. The first-order valence-electron chi connectivity index (χ1n) is 8.41. The van der Waals surface area contributed by atoms with Crippen LogP contribution in [0.3, 0.4) is 0 Å². The van der Waals surface area contributed by atoms with Gasteiger partial charge < -0.3 is 14.2 Å². The van der Waals surface area contributed by atoms with E-state index in [4.69, 9.17) is 4.74 Å². The molecule has 0 fully saturated rings. The van der Waals surface area contributed by atoms with Crippen LogP contribution in [0.5, 0.6) is 0 Å². The summed E-state index contributed by atoms with van der Waals surface area (Å²) in [7, 11) is 0. The molecule has 0 saturated heterocycles. The quantitative estimate of drug-likeness (QED) is 0.324. The molecule has 0 saturated carbocycles. The number of halogens is 6. The zero-order valence-electron chi connectivity index (χ0n) is 16.8. The largest absolute Gasteiger partial charge is 0.465 e. The lowest BCUT2D eigenvalue weighted by molar-refractivity contribution is -0.359. The maximum absolute atomic E-state index is 13.2. The van der Waals surface area contributed by atoms with Gasteiger partial charge in [0.1, 0.15) is 0 Å². The molecule has 0 unspecified atom stereocenters. The maximum atomic E-state index is 13.2. The van der Waals surface area contributed by atoms with Gasteiger partial charge in [-0.05, 0) is 20.3 Å². The summed E-state index contributed by atoms with van der Waals surface area (Å²) in [5, 5.41) is 0. The number of alkyl halides is 6. The molecular weight excluding hydrogens is 414 g/mol. The first kappa shape index (κ1) is 27.0. The molecule has 0 radical (unpaired) electrons. The average Bonchev–Trinajstić information content (AvgIpc) is 2.52. The maximum Gasteiger partial charge on any atom is 0.449 e. The Hall–Kier alpha value is -2.01. The molecule has 0 heterocycles. The first-order valence-corrected chi connectivity index (χ1v) is 8.41. The Bertz CT molecular complexity index is 607. The van der Waals surface area contributed by atoms with Gasteiger partial charge >= 0.3 is 35.9 Å². The van der Waals surface area contributed by atoms with E-state index >= 15 is 0 Å². The van der Waals surface area contributed by atoms with Crippen LogP contribution >= 0.6 is 0 Å². The van der Waals surface area contributed by atoms with Crippen molar-refractivity contribution in [3.63, 3.8) is 0 Å².